The van der Waals surface area contributed by atoms with Gasteiger partial charge in [0.2, 0.25) is 5.82 Å². The lowest BCUT2D eigenvalue weighted by atomic mass is 9.99. The zero-order valence-corrected chi connectivity index (χ0v) is 15.5. The van der Waals surface area contributed by atoms with Gasteiger partial charge in [0.25, 0.3) is 5.91 Å². The molecule has 28 heavy (non-hydrogen) atoms. The Bertz CT molecular complexity index is 1180. The van der Waals surface area contributed by atoms with Crippen LogP contribution in [0.2, 0.25) is 0 Å². The molecule has 0 spiro atoms. The number of amides is 1. The van der Waals surface area contributed by atoms with E-state index in [1.165, 1.54) is 11.1 Å². The zero-order valence-electron chi connectivity index (χ0n) is 15.5. The molecule has 0 radical (unpaired) electrons. The van der Waals surface area contributed by atoms with E-state index < -0.39 is 0 Å². The predicted molar refractivity (Wildman–Crippen MR) is 106 cm³/mol. The van der Waals surface area contributed by atoms with E-state index in [0.717, 1.165) is 18.5 Å². The van der Waals surface area contributed by atoms with Gasteiger partial charge in [0.05, 0.1) is 0 Å². The van der Waals surface area contributed by atoms with Crippen LogP contribution in [0.15, 0.2) is 60.9 Å². The maximum Gasteiger partial charge on any atom is 0.254 e. The molecule has 0 unspecified atom stereocenters. The minimum absolute atomic E-state index is 0.0388. The minimum Gasteiger partial charge on any atom is -0.334 e. The maximum atomic E-state index is 13.2. The Kier molecular flexibility index (Phi) is 3.90. The summed E-state index contributed by atoms with van der Waals surface area (Å²) in [7, 11) is 0. The molecule has 0 saturated carbocycles. The molecule has 4 heterocycles. The second-order valence-electron chi connectivity index (χ2n) is 7.07. The van der Waals surface area contributed by atoms with E-state index in [1.807, 2.05) is 48.4 Å². The monoisotopic (exact) mass is 369 g/mol. The largest absolute Gasteiger partial charge is 0.334 e. The van der Waals surface area contributed by atoms with Gasteiger partial charge >= 0.3 is 0 Å². The average Bonchev–Trinajstić information content (AvgIpc) is 3.16. The van der Waals surface area contributed by atoms with Crippen LogP contribution >= 0.6 is 0 Å². The summed E-state index contributed by atoms with van der Waals surface area (Å²) in [6.45, 7) is 3.31. The van der Waals surface area contributed by atoms with Gasteiger partial charge in [0.15, 0.2) is 5.65 Å². The molecule has 0 bridgehead atoms. The van der Waals surface area contributed by atoms with Crippen LogP contribution in [-0.2, 0) is 13.0 Å². The van der Waals surface area contributed by atoms with Gasteiger partial charge < -0.3 is 4.90 Å². The van der Waals surface area contributed by atoms with Gasteiger partial charge in [-0.25, -0.2) is 9.50 Å². The van der Waals surface area contributed by atoms with Crippen molar-refractivity contribution in [2.75, 3.05) is 6.54 Å². The van der Waals surface area contributed by atoms with Crippen molar-refractivity contribution in [1.82, 2.24) is 24.5 Å². The number of carbonyl (C=O) groups is 1. The van der Waals surface area contributed by atoms with Crippen molar-refractivity contribution >= 4 is 11.6 Å². The maximum absolute atomic E-state index is 13.2. The van der Waals surface area contributed by atoms with Gasteiger partial charge in [-0.15, -0.1) is 5.10 Å². The molecule has 1 aromatic carbocycles. The Morgan fingerprint density at radius 1 is 1.07 bits per heavy atom. The fraction of sp³-hybridized carbons (Fsp3) is 0.182. The standard InChI is InChI=1S/C22H19N5O/c1-15-13-27-20(24-21(25-27)19-8-4-5-10-23-19)12-18(15)22(28)26-11-9-16-6-2-3-7-17(16)14-26/h2-8,10,12-13H,9,11,14H2,1H3. The lowest BCUT2D eigenvalue weighted by molar-refractivity contribution is 0.0734. The first kappa shape index (κ1) is 16.6. The molecular weight excluding hydrogens is 350 g/mol. The van der Waals surface area contributed by atoms with E-state index in [9.17, 15) is 4.79 Å². The summed E-state index contributed by atoms with van der Waals surface area (Å²) in [5, 5.41) is 4.50. The Hall–Kier alpha value is -3.54. The smallest absolute Gasteiger partial charge is 0.254 e. The van der Waals surface area contributed by atoms with Gasteiger partial charge in [-0.05, 0) is 48.2 Å². The number of rotatable bonds is 2. The van der Waals surface area contributed by atoms with Crippen molar-refractivity contribution in [2.24, 2.45) is 0 Å². The summed E-state index contributed by atoms with van der Waals surface area (Å²) in [5.74, 6) is 0.591. The van der Waals surface area contributed by atoms with Crippen LogP contribution in [-0.4, -0.2) is 36.9 Å². The normalized spacial score (nSPS) is 13.5. The van der Waals surface area contributed by atoms with Crippen molar-refractivity contribution in [1.29, 1.82) is 0 Å². The summed E-state index contributed by atoms with van der Waals surface area (Å²) < 4.78 is 1.71. The predicted octanol–water partition coefficient (Wildman–Crippen LogP) is 3.30. The first-order valence-electron chi connectivity index (χ1n) is 9.33. The van der Waals surface area contributed by atoms with E-state index in [0.29, 0.717) is 29.3 Å². The summed E-state index contributed by atoms with van der Waals surface area (Å²) in [5.41, 5.74) is 5.47. The van der Waals surface area contributed by atoms with Crippen molar-refractivity contribution < 1.29 is 4.79 Å². The average molecular weight is 369 g/mol. The number of hydrogen-bond donors (Lipinski definition) is 0. The van der Waals surface area contributed by atoms with Crippen molar-refractivity contribution in [3.8, 4) is 11.5 Å². The molecule has 138 valence electrons. The highest BCUT2D eigenvalue weighted by Gasteiger charge is 2.23. The van der Waals surface area contributed by atoms with Crippen LogP contribution in [0.5, 0.6) is 0 Å². The summed E-state index contributed by atoms with van der Waals surface area (Å²) in [6, 6.07) is 15.8. The molecule has 0 saturated heterocycles. The number of fused-ring (bicyclic) bond motifs is 2. The Morgan fingerprint density at radius 2 is 1.89 bits per heavy atom. The van der Waals surface area contributed by atoms with E-state index in [1.54, 1.807) is 10.7 Å². The molecule has 6 heteroatoms. The van der Waals surface area contributed by atoms with Crippen LogP contribution in [0.1, 0.15) is 27.0 Å². The number of nitrogens with zero attached hydrogens (tertiary/aromatic N) is 5. The molecule has 0 N–H and O–H groups in total. The molecule has 4 aromatic rings. The van der Waals surface area contributed by atoms with Crippen LogP contribution in [0.3, 0.4) is 0 Å². The number of aromatic nitrogens is 4. The highest BCUT2D eigenvalue weighted by Crippen LogP contribution is 2.22. The second-order valence-corrected chi connectivity index (χ2v) is 7.07. The lowest BCUT2D eigenvalue weighted by Gasteiger charge is -2.29. The third-order valence-electron chi connectivity index (χ3n) is 5.21. The summed E-state index contributed by atoms with van der Waals surface area (Å²) in [6.07, 6.45) is 4.47. The SMILES string of the molecule is Cc1cn2nc(-c3ccccn3)nc2cc1C(=O)N1CCc2ccccc2C1. The molecule has 1 aliphatic heterocycles. The van der Waals surface area contributed by atoms with Crippen molar-refractivity contribution in [2.45, 2.75) is 19.9 Å². The van der Waals surface area contributed by atoms with E-state index in [4.69, 9.17) is 0 Å². The Labute approximate surface area is 162 Å². The molecule has 0 atom stereocenters. The van der Waals surface area contributed by atoms with Crippen molar-refractivity contribution in [3.05, 3.63) is 83.2 Å². The third-order valence-corrected chi connectivity index (χ3v) is 5.21. The highest BCUT2D eigenvalue weighted by atomic mass is 16.2. The quantitative estimate of drug-likeness (QED) is 0.544. The third kappa shape index (κ3) is 2.83. The molecular formula is C22H19N5O. The second kappa shape index (κ2) is 6.56. The molecule has 0 aliphatic carbocycles. The number of carbonyl (C=O) groups excluding carboxylic acids is 1. The minimum atomic E-state index is 0.0388. The molecule has 3 aromatic heterocycles. The number of hydrogen-bond acceptors (Lipinski definition) is 4. The number of aryl methyl sites for hydroxylation is 1. The van der Waals surface area contributed by atoms with Gasteiger partial charge in [-0.2, -0.15) is 0 Å². The first-order valence-corrected chi connectivity index (χ1v) is 9.33. The molecule has 5 rings (SSSR count). The van der Waals surface area contributed by atoms with Gasteiger partial charge in [0, 0.05) is 31.0 Å². The number of pyridine rings is 2. The summed E-state index contributed by atoms with van der Waals surface area (Å²) in [4.78, 5) is 24.0. The van der Waals surface area contributed by atoms with Gasteiger partial charge in [0.1, 0.15) is 5.69 Å². The van der Waals surface area contributed by atoms with E-state index >= 15 is 0 Å². The topological polar surface area (TPSA) is 63.4 Å². The van der Waals surface area contributed by atoms with Crippen LogP contribution in [0.4, 0.5) is 0 Å². The molecule has 6 nitrogen and oxygen atoms in total. The fourth-order valence-electron chi connectivity index (χ4n) is 3.70. The number of benzene rings is 1. The first-order chi connectivity index (χ1) is 13.7. The lowest BCUT2D eigenvalue weighted by Crippen LogP contribution is -2.36. The van der Waals surface area contributed by atoms with Crippen LogP contribution < -0.4 is 0 Å². The van der Waals surface area contributed by atoms with Crippen LogP contribution in [0, 0.1) is 6.92 Å². The van der Waals surface area contributed by atoms with Crippen LogP contribution in [0.25, 0.3) is 17.2 Å². The molecule has 1 amide bonds. The van der Waals surface area contributed by atoms with E-state index in [2.05, 4.69) is 33.3 Å². The van der Waals surface area contributed by atoms with Crippen molar-refractivity contribution in [3.63, 3.8) is 0 Å². The summed E-state index contributed by atoms with van der Waals surface area (Å²) >= 11 is 0. The van der Waals surface area contributed by atoms with Gasteiger partial charge in [-0.3, -0.25) is 9.78 Å². The van der Waals surface area contributed by atoms with E-state index in [-0.39, 0.29) is 5.91 Å². The Balaban J connectivity index is 1.49. The zero-order chi connectivity index (χ0) is 19.1. The molecule has 1 aliphatic rings. The highest BCUT2D eigenvalue weighted by molar-refractivity contribution is 5.96. The van der Waals surface area contributed by atoms with Gasteiger partial charge in [-0.1, -0.05) is 30.3 Å². The Morgan fingerprint density at radius 3 is 2.71 bits per heavy atom. The fourth-order valence-corrected chi connectivity index (χ4v) is 3.70. The molecule has 0 fully saturated rings.